The van der Waals surface area contributed by atoms with Gasteiger partial charge in [-0.15, -0.1) is 0 Å². The summed E-state index contributed by atoms with van der Waals surface area (Å²) in [7, 11) is 0. The average molecular weight is 257 g/mol. The van der Waals surface area contributed by atoms with Gasteiger partial charge in [0.25, 0.3) is 11.8 Å². The van der Waals surface area contributed by atoms with Crippen molar-refractivity contribution in [1.82, 2.24) is 5.32 Å². The smallest absolute Gasteiger partial charge is 0.258 e. The first-order chi connectivity index (χ1) is 9.06. The molecule has 0 atom stereocenters. The van der Waals surface area contributed by atoms with Crippen LogP contribution in [0.25, 0.3) is 0 Å². The lowest BCUT2D eigenvalue weighted by molar-refractivity contribution is 0.0849. The number of nitrogen functional groups attached to an aromatic ring is 1. The number of hydrogen-bond acceptors (Lipinski definition) is 3. The summed E-state index contributed by atoms with van der Waals surface area (Å²) in [4.78, 5) is 23.5. The Morgan fingerprint density at radius 2 is 1.84 bits per heavy atom. The fraction of sp³-hybridized carbons (Fsp3) is 0. The molecule has 2 rings (SSSR count). The molecule has 0 saturated carbocycles. The lowest BCUT2D eigenvalue weighted by atomic mass is 10.1. The third-order valence-corrected chi connectivity index (χ3v) is 2.39. The van der Waals surface area contributed by atoms with Crippen molar-refractivity contribution in [2.75, 3.05) is 5.73 Å². The van der Waals surface area contributed by atoms with E-state index in [0.29, 0.717) is 5.69 Å². The Hall–Kier alpha value is -2.69. The topological polar surface area (TPSA) is 72.2 Å². The molecule has 4 nitrogen and oxygen atoms in total. The highest BCUT2D eigenvalue weighted by Gasteiger charge is 2.12. The number of nitrogens with two attached hydrogens (primary N) is 1. The minimum Gasteiger partial charge on any atom is -0.399 e. The lowest BCUT2D eigenvalue weighted by Gasteiger charge is -2.04. The zero-order chi connectivity index (χ0) is 13.8. The molecule has 5 heteroatoms. The molecule has 3 N–H and O–H groups in total. The van der Waals surface area contributed by atoms with Crippen molar-refractivity contribution in [3.63, 3.8) is 0 Å². The summed E-state index contributed by atoms with van der Waals surface area (Å²) < 4.78 is 13.0. The normalized spacial score (nSPS) is 9.95. The summed E-state index contributed by atoms with van der Waals surface area (Å²) in [6, 6.07) is 12.1. The third kappa shape index (κ3) is 3.16. The van der Waals surface area contributed by atoms with E-state index in [2.05, 4.69) is 11.4 Å². The highest BCUT2D eigenvalue weighted by atomic mass is 19.1. The van der Waals surface area contributed by atoms with Crippen LogP contribution in [-0.4, -0.2) is 11.8 Å². The van der Waals surface area contributed by atoms with Gasteiger partial charge in [-0.05, 0) is 42.5 Å². The van der Waals surface area contributed by atoms with Gasteiger partial charge in [0, 0.05) is 16.8 Å². The van der Waals surface area contributed by atoms with Crippen LogP contribution in [0.4, 0.5) is 10.1 Å². The average Bonchev–Trinajstić information content (AvgIpc) is 2.38. The van der Waals surface area contributed by atoms with E-state index < -0.39 is 17.6 Å². The van der Waals surface area contributed by atoms with Crippen LogP contribution < -0.4 is 11.1 Å². The fourth-order valence-corrected chi connectivity index (χ4v) is 1.50. The summed E-state index contributed by atoms with van der Waals surface area (Å²) in [5.74, 6) is -1.83. The SMILES string of the molecule is Nc1c[c]cc(C(=O)NC(=O)c2cccc(F)c2)c1. The summed E-state index contributed by atoms with van der Waals surface area (Å²) in [6.45, 7) is 0. The van der Waals surface area contributed by atoms with Crippen LogP contribution in [0.1, 0.15) is 20.7 Å². The van der Waals surface area contributed by atoms with Crippen molar-refractivity contribution in [2.24, 2.45) is 0 Å². The molecule has 0 bridgehead atoms. The molecule has 0 saturated heterocycles. The van der Waals surface area contributed by atoms with Crippen LogP contribution in [0, 0.1) is 11.9 Å². The number of carbonyl (C=O) groups is 2. The maximum Gasteiger partial charge on any atom is 0.258 e. The number of imide groups is 1. The Bertz CT molecular complexity index is 585. The van der Waals surface area contributed by atoms with Gasteiger partial charge in [-0.25, -0.2) is 4.39 Å². The van der Waals surface area contributed by atoms with Gasteiger partial charge in [0.1, 0.15) is 5.82 Å². The van der Waals surface area contributed by atoms with Crippen molar-refractivity contribution >= 4 is 17.5 Å². The molecular weight excluding hydrogens is 247 g/mol. The molecule has 0 aliphatic rings. The van der Waals surface area contributed by atoms with E-state index in [-0.39, 0.29) is 11.1 Å². The number of benzene rings is 2. The molecule has 1 radical (unpaired) electrons. The number of anilines is 1. The van der Waals surface area contributed by atoms with Crippen molar-refractivity contribution in [3.05, 3.63) is 65.5 Å². The van der Waals surface area contributed by atoms with Crippen LogP contribution in [0.3, 0.4) is 0 Å². The quantitative estimate of drug-likeness (QED) is 0.636. The largest absolute Gasteiger partial charge is 0.399 e. The van der Waals surface area contributed by atoms with E-state index in [1.54, 1.807) is 0 Å². The predicted octanol–water partition coefficient (Wildman–Crippen LogP) is 1.78. The molecule has 0 spiro atoms. The zero-order valence-electron chi connectivity index (χ0n) is 9.81. The Labute approximate surface area is 109 Å². The lowest BCUT2D eigenvalue weighted by Crippen LogP contribution is -2.30. The van der Waals surface area contributed by atoms with Gasteiger partial charge in [-0.2, -0.15) is 0 Å². The van der Waals surface area contributed by atoms with Gasteiger partial charge in [-0.1, -0.05) is 6.07 Å². The second-order valence-electron chi connectivity index (χ2n) is 3.85. The van der Waals surface area contributed by atoms with E-state index in [1.807, 2.05) is 0 Å². The van der Waals surface area contributed by atoms with Crippen LogP contribution in [0.15, 0.2) is 42.5 Å². The highest BCUT2D eigenvalue weighted by molar-refractivity contribution is 6.10. The van der Waals surface area contributed by atoms with Crippen molar-refractivity contribution in [2.45, 2.75) is 0 Å². The van der Waals surface area contributed by atoms with E-state index in [0.717, 1.165) is 6.07 Å². The number of amides is 2. The number of carbonyl (C=O) groups excluding carboxylic acids is 2. The molecule has 19 heavy (non-hydrogen) atoms. The maximum absolute atomic E-state index is 13.0. The van der Waals surface area contributed by atoms with Crippen LogP contribution >= 0.6 is 0 Å². The molecule has 0 heterocycles. The van der Waals surface area contributed by atoms with Gasteiger partial charge in [0.2, 0.25) is 0 Å². The Balaban J connectivity index is 2.13. The Morgan fingerprint density at radius 1 is 1.11 bits per heavy atom. The summed E-state index contributed by atoms with van der Waals surface area (Å²) in [5.41, 5.74) is 6.16. The number of halogens is 1. The van der Waals surface area contributed by atoms with E-state index >= 15 is 0 Å². The first-order valence-corrected chi connectivity index (χ1v) is 5.44. The van der Waals surface area contributed by atoms with Crippen molar-refractivity contribution in [1.29, 1.82) is 0 Å². The molecule has 2 aromatic rings. The van der Waals surface area contributed by atoms with Gasteiger partial charge in [-0.3, -0.25) is 14.9 Å². The van der Waals surface area contributed by atoms with Crippen molar-refractivity contribution < 1.29 is 14.0 Å². The third-order valence-electron chi connectivity index (χ3n) is 2.39. The first kappa shape index (κ1) is 12.8. The molecular formula is C14H10FN2O2. The predicted molar refractivity (Wildman–Crippen MR) is 67.9 cm³/mol. The molecule has 95 valence electrons. The van der Waals surface area contributed by atoms with E-state index in [4.69, 9.17) is 5.73 Å². The summed E-state index contributed by atoms with van der Waals surface area (Å²) in [6.07, 6.45) is 0. The molecule has 0 aliphatic carbocycles. The first-order valence-electron chi connectivity index (χ1n) is 5.44. The second-order valence-corrected chi connectivity index (χ2v) is 3.85. The Kier molecular flexibility index (Phi) is 3.56. The minimum atomic E-state index is -0.674. The molecule has 0 unspecified atom stereocenters. The minimum absolute atomic E-state index is 0.0706. The van der Waals surface area contributed by atoms with E-state index in [1.165, 1.54) is 36.4 Å². The van der Waals surface area contributed by atoms with Crippen LogP contribution in [-0.2, 0) is 0 Å². The molecule has 2 aromatic carbocycles. The maximum atomic E-state index is 13.0. The second kappa shape index (κ2) is 5.30. The number of nitrogens with one attached hydrogen (secondary N) is 1. The highest BCUT2D eigenvalue weighted by Crippen LogP contribution is 2.07. The fourth-order valence-electron chi connectivity index (χ4n) is 1.50. The molecule has 0 fully saturated rings. The van der Waals surface area contributed by atoms with Gasteiger partial charge in [0.15, 0.2) is 0 Å². The summed E-state index contributed by atoms with van der Waals surface area (Å²) >= 11 is 0. The number of hydrogen-bond donors (Lipinski definition) is 2. The summed E-state index contributed by atoms with van der Waals surface area (Å²) in [5, 5.41) is 2.15. The van der Waals surface area contributed by atoms with Gasteiger partial charge in [0.05, 0.1) is 0 Å². The van der Waals surface area contributed by atoms with E-state index in [9.17, 15) is 14.0 Å². The van der Waals surface area contributed by atoms with Crippen LogP contribution in [0.5, 0.6) is 0 Å². The molecule has 2 amide bonds. The standard InChI is InChI=1S/C14H10FN2O2/c15-11-5-1-3-9(7-11)13(18)17-14(19)10-4-2-6-12(16)8-10/h1,3-8H,16H2,(H,17,18,19). The molecule has 0 aromatic heterocycles. The van der Waals surface area contributed by atoms with Crippen LogP contribution in [0.2, 0.25) is 0 Å². The molecule has 0 aliphatic heterocycles. The van der Waals surface area contributed by atoms with Crippen molar-refractivity contribution in [3.8, 4) is 0 Å². The number of rotatable bonds is 2. The monoisotopic (exact) mass is 257 g/mol. The zero-order valence-corrected chi connectivity index (χ0v) is 9.81. The Morgan fingerprint density at radius 3 is 2.53 bits per heavy atom. The van der Waals surface area contributed by atoms with Gasteiger partial charge >= 0.3 is 0 Å². The van der Waals surface area contributed by atoms with Gasteiger partial charge < -0.3 is 5.73 Å².